The van der Waals surface area contributed by atoms with E-state index in [2.05, 4.69) is 22.6 Å². The number of hydrogen-bond donors (Lipinski definition) is 0. The number of carbonyl (C=O) groups is 1. The molecule has 0 aliphatic rings. The second-order valence-electron chi connectivity index (χ2n) is 3.96. The van der Waals surface area contributed by atoms with Gasteiger partial charge in [0.25, 0.3) is 0 Å². The van der Waals surface area contributed by atoms with Crippen molar-refractivity contribution in [3.8, 4) is 0 Å². The van der Waals surface area contributed by atoms with Gasteiger partial charge in [0.15, 0.2) is 5.78 Å². The summed E-state index contributed by atoms with van der Waals surface area (Å²) in [7, 11) is 0. The van der Waals surface area contributed by atoms with E-state index in [4.69, 9.17) is 23.2 Å². The van der Waals surface area contributed by atoms with Gasteiger partial charge < -0.3 is 0 Å². The fraction of sp³-hybridized carbons (Fsp3) is 0.0714. The van der Waals surface area contributed by atoms with Gasteiger partial charge in [-0.3, -0.25) is 4.79 Å². The molecule has 2 aromatic rings. The van der Waals surface area contributed by atoms with Crippen molar-refractivity contribution in [3.63, 3.8) is 0 Å². The number of benzene rings is 2. The molecule has 0 fully saturated rings. The molecule has 1 nitrogen and oxygen atoms in total. The van der Waals surface area contributed by atoms with Gasteiger partial charge in [-0.05, 0) is 64.6 Å². The molecule has 0 atom stereocenters. The number of rotatable bonds is 3. The highest BCUT2D eigenvalue weighted by molar-refractivity contribution is 14.1. The van der Waals surface area contributed by atoms with Crippen LogP contribution in [0.25, 0.3) is 0 Å². The van der Waals surface area contributed by atoms with Gasteiger partial charge in [-0.2, -0.15) is 0 Å². The molecule has 98 valence electrons. The van der Waals surface area contributed by atoms with Crippen LogP contribution in [0.2, 0.25) is 10.0 Å². The highest BCUT2D eigenvalue weighted by Gasteiger charge is 2.14. The Morgan fingerprint density at radius 3 is 2.47 bits per heavy atom. The predicted molar refractivity (Wildman–Crippen MR) is 83.6 cm³/mol. The Morgan fingerprint density at radius 2 is 1.74 bits per heavy atom. The molecule has 2 aromatic carbocycles. The molecule has 0 aliphatic carbocycles. The van der Waals surface area contributed by atoms with E-state index in [1.165, 1.54) is 18.2 Å². The molecule has 5 heteroatoms. The standard InChI is InChI=1S/C14H8Cl2FIO/c15-9-1-3-12(17)8(5-9)6-14(19)11-7-10(16)2-4-13(11)18/h1-5,7H,6H2. The Morgan fingerprint density at radius 1 is 1.11 bits per heavy atom. The maximum Gasteiger partial charge on any atom is 0.168 e. The number of hydrogen-bond acceptors (Lipinski definition) is 1. The van der Waals surface area contributed by atoms with Crippen LogP contribution >= 0.6 is 45.8 Å². The molecule has 0 unspecified atom stereocenters. The van der Waals surface area contributed by atoms with E-state index < -0.39 is 5.82 Å². The third kappa shape index (κ3) is 3.68. The maximum absolute atomic E-state index is 13.6. The van der Waals surface area contributed by atoms with Crippen LogP contribution in [-0.4, -0.2) is 5.78 Å². The summed E-state index contributed by atoms with van der Waals surface area (Å²) in [5.41, 5.74) is 0.778. The molecule has 0 saturated carbocycles. The van der Waals surface area contributed by atoms with Crippen molar-refractivity contribution >= 4 is 51.6 Å². The predicted octanol–water partition coefficient (Wildman–Crippen LogP) is 5.16. The highest BCUT2D eigenvalue weighted by Crippen LogP contribution is 2.21. The molecule has 2 rings (SSSR count). The first-order chi connectivity index (χ1) is 8.97. The number of carbonyl (C=O) groups excluding carboxylic acids is 1. The average Bonchev–Trinajstić information content (AvgIpc) is 2.36. The number of ketones is 1. The van der Waals surface area contributed by atoms with Gasteiger partial charge in [-0.1, -0.05) is 23.2 Å². The van der Waals surface area contributed by atoms with E-state index in [1.54, 1.807) is 18.2 Å². The summed E-state index contributed by atoms with van der Waals surface area (Å²) < 4.78 is 14.4. The largest absolute Gasteiger partial charge is 0.294 e. The smallest absolute Gasteiger partial charge is 0.168 e. The molecule has 0 N–H and O–H groups in total. The Hall–Kier alpha value is -0.650. The van der Waals surface area contributed by atoms with E-state index in [1.807, 2.05) is 0 Å². The topological polar surface area (TPSA) is 17.1 Å². The lowest BCUT2D eigenvalue weighted by atomic mass is 10.0. The zero-order valence-corrected chi connectivity index (χ0v) is 13.3. The van der Waals surface area contributed by atoms with Gasteiger partial charge in [-0.15, -0.1) is 0 Å². The van der Waals surface area contributed by atoms with Crippen molar-refractivity contribution in [1.82, 2.24) is 0 Å². The Labute approximate surface area is 133 Å². The van der Waals surface area contributed by atoms with E-state index >= 15 is 0 Å². The summed E-state index contributed by atoms with van der Waals surface area (Å²) in [4.78, 5) is 12.2. The molecule has 19 heavy (non-hydrogen) atoms. The van der Waals surface area contributed by atoms with Crippen LogP contribution in [0.4, 0.5) is 4.39 Å². The molecule has 0 saturated heterocycles. The van der Waals surface area contributed by atoms with Gasteiger partial charge >= 0.3 is 0 Å². The van der Waals surface area contributed by atoms with Crippen LogP contribution in [0, 0.1) is 9.39 Å². The lowest BCUT2D eigenvalue weighted by molar-refractivity contribution is 0.0991. The van der Waals surface area contributed by atoms with Gasteiger partial charge in [0.2, 0.25) is 0 Å². The third-order valence-corrected chi connectivity index (χ3v) is 4.00. The molecular weight excluding hydrogens is 401 g/mol. The van der Waals surface area contributed by atoms with Crippen LogP contribution in [0.1, 0.15) is 15.9 Å². The Balaban J connectivity index is 2.30. The van der Waals surface area contributed by atoms with Crippen molar-refractivity contribution < 1.29 is 9.18 Å². The lowest BCUT2D eigenvalue weighted by Crippen LogP contribution is -2.07. The Bertz CT molecular complexity index is 643. The minimum Gasteiger partial charge on any atom is -0.294 e. The van der Waals surface area contributed by atoms with E-state index in [-0.39, 0.29) is 17.8 Å². The number of Topliss-reactive ketones (excluding diaryl/α,β-unsaturated/α-hetero) is 1. The summed E-state index contributed by atoms with van der Waals surface area (Å²) in [6.45, 7) is 0. The third-order valence-electron chi connectivity index (χ3n) is 2.59. The molecule has 0 aliphatic heterocycles. The van der Waals surface area contributed by atoms with E-state index in [0.29, 0.717) is 15.6 Å². The number of halogens is 4. The fourth-order valence-electron chi connectivity index (χ4n) is 1.66. The van der Waals surface area contributed by atoms with Crippen LogP contribution in [0.5, 0.6) is 0 Å². The first kappa shape index (κ1) is 14.8. The molecule has 0 radical (unpaired) electrons. The summed E-state index contributed by atoms with van der Waals surface area (Å²) in [5.74, 6) is -0.622. The van der Waals surface area contributed by atoms with Crippen molar-refractivity contribution in [2.45, 2.75) is 6.42 Å². The van der Waals surface area contributed by atoms with Gasteiger partial charge in [0.1, 0.15) is 5.82 Å². The summed E-state index contributed by atoms with van der Waals surface area (Å²) in [5, 5.41) is 0.889. The van der Waals surface area contributed by atoms with Gasteiger partial charge in [-0.25, -0.2) is 4.39 Å². The van der Waals surface area contributed by atoms with Crippen molar-refractivity contribution in [3.05, 3.63) is 67.0 Å². The summed E-state index contributed by atoms with van der Waals surface area (Å²) >= 11 is 13.7. The summed E-state index contributed by atoms with van der Waals surface area (Å²) in [6, 6.07) is 9.23. The SMILES string of the molecule is O=C(Cc1cc(Cl)ccc1F)c1cc(Cl)ccc1I. The van der Waals surface area contributed by atoms with Gasteiger partial charge in [0, 0.05) is 25.6 Å². The average molecular weight is 409 g/mol. The molecule has 0 spiro atoms. The van der Waals surface area contributed by atoms with E-state index in [9.17, 15) is 9.18 Å². The molecule has 0 amide bonds. The highest BCUT2D eigenvalue weighted by atomic mass is 127. The van der Waals surface area contributed by atoms with E-state index in [0.717, 1.165) is 3.57 Å². The lowest BCUT2D eigenvalue weighted by Gasteiger charge is -2.06. The maximum atomic E-state index is 13.6. The van der Waals surface area contributed by atoms with Crippen LogP contribution in [0.3, 0.4) is 0 Å². The van der Waals surface area contributed by atoms with Crippen LogP contribution < -0.4 is 0 Å². The van der Waals surface area contributed by atoms with Crippen LogP contribution in [-0.2, 0) is 6.42 Å². The van der Waals surface area contributed by atoms with Crippen molar-refractivity contribution in [2.75, 3.05) is 0 Å². The molecule has 0 heterocycles. The molecular formula is C14H8Cl2FIO. The van der Waals surface area contributed by atoms with Gasteiger partial charge in [0.05, 0.1) is 0 Å². The zero-order valence-electron chi connectivity index (χ0n) is 9.59. The monoisotopic (exact) mass is 408 g/mol. The minimum atomic E-state index is -0.435. The van der Waals surface area contributed by atoms with Crippen molar-refractivity contribution in [1.29, 1.82) is 0 Å². The fourth-order valence-corrected chi connectivity index (χ4v) is 2.66. The molecule has 0 aromatic heterocycles. The zero-order chi connectivity index (χ0) is 14.0. The summed E-state index contributed by atoms with van der Waals surface area (Å²) in [6.07, 6.45) is -0.0390. The first-order valence-corrected chi connectivity index (χ1v) is 7.23. The second kappa shape index (κ2) is 6.20. The second-order valence-corrected chi connectivity index (χ2v) is 5.99. The van der Waals surface area contributed by atoms with Crippen LogP contribution in [0.15, 0.2) is 36.4 Å². The molecule has 0 bridgehead atoms. The van der Waals surface area contributed by atoms with Crippen molar-refractivity contribution in [2.24, 2.45) is 0 Å². The normalized spacial score (nSPS) is 10.5. The minimum absolute atomic E-state index is 0.0390. The Kier molecular flexibility index (Phi) is 4.81. The first-order valence-electron chi connectivity index (χ1n) is 5.39. The quantitative estimate of drug-likeness (QED) is 0.506.